The zero-order valence-corrected chi connectivity index (χ0v) is 20.1. The van der Waals surface area contributed by atoms with Crippen molar-refractivity contribution < 1.29 is 24.2 Å². The van der Waals surface area contributed by atoms with E-state index < -0.39 is 5.97 Å². The van der Waals surface area contributed by atoms with E-state index in [2.05, 4.69) is 29.6 Å². The molecule has 0 spiro atoms. The van der Waals surface area contributed by atoms with E-state index in [-0.39, 0.29) is 30.3 Å². The first-order valence-corrected chi connectivity index (χ1v) is 12.6. The summed E-state index contributed by atoms with van der Waals surface area (Å²) in [7, 11) is 0. The lowest BCUT2D eigenvalue weighted by Crippen LogP contribution is -2.50. The minimum atomic E-state index is -0.796. The Kier molecular flexibility index (Phi) is 8.40. The van der Waals surface area contributed by atoms with Crippen LogP contribution in [0.1, 0.15) is 62.0 Å². The molecule has 0 bridgehead atoms. The van der Waals surface area contributed by atoms with Crippen LogP contribution in [-0.2, 0) is 14.3 Å². The number of rotatable bonds is 12. The van der Waals surface area contributed by atoms with Gasteiger partial charge in [0.2, 0.25) is 5.91 Å². The highest BCUT2D eigenvalue weighted by Crippen LogP contribution is 2.44. The fraction of sp³-hybridized carbons (Fsp3) is 0.464. The third kappa shape index (κ3) is 6.41. The number of carboxylic acid groups (broad SMARTS) is 1. The Balaban J connectivity index is 1.05. The Morgan fingerprint density at radius 1 is 0.886 bits per heavy atom. The van der Waals surface area contributed by atoms with Crippen LogP contribution in [0.5, 0.6) is 0 Å². The van der Waals surface area contributed by atoms with Crippen molar-refractivity contribution in [3.05, 3.63) is 59.7 Å². The molecule has 2 aromatic carbocycles. The van der Waals surface area contributed by atoms with Gasteiger partial charge in [0.25, 0.3) is 0 Å². The van der Waals surface area contributed by atoms with Gasteiger partial charge < -0.3 is 20.1 Å². The predicted molar refractivity (Wildman–Crippen MR) is 133 cm³/mol. The fourth-order valence-electron chi connectivity index (χ4n) is 5.08. The van der Waals surface area contributed by atoms with Gasteiger partial charge in [0.05, 0.1) is 6.42 Å². The van der Waals surface area contributed by atoms with Crippen LogP contribution in [0, 0.1) is 5.92 Å². The summed E-state index contributed by atoms with van der Waals surface area (Å²) in [5, 5.41) is 11.6. The molecule has 1 heterocycles. The van der Waals surface area contributed by atoms with Crippen LogP contribution in [0.15, 0.2) is 48.5 Å². The summed E-state index contributed by atoms with van der Waals surface area (Å²) in [4.78, 5) is 36.7. The minimum Gasteiger partial charge on any atom is -0.481 e. The lowest BCUT2D eigenvalue weighted by Gasteiger charge is -2.38. The molecule has 1 aliphatic heterocycles. The van der Waals surface area contributed by atoms with Gasteiger partial charge in [-0.1, -0.05) is 67.8 Å². The molecule has 0 atom stereocenters. The first-order chi connectivity index (χ1) is 17.0. The Bertz CT molecular complexity index is 1000. The maximum absolute atomic E-state index is 12.2. The van der Waals surface area contributed by atoms with Gasteiger partial charge in [0, 0.05) is 37.9 Å². The average molecular weight is 479 g/mol. The van der Waals surface area contributed by atoms with E-state index in [1.807, 2.05) is 24.3 Å². The molecule has 2 aromatic rings. The van der Waals surface area contributed by atoms with Gasteiger partial charge in [-0.05, 0) is 35.1 Å². The van der Waals surface area contributed by atoms with Gasteiger partial charge in [0.1, 0.15) is 6.61 Å². The first-order valence-electron chi connectivity index (χ1n) is 12.6. The van der Waals surface area contributed by atoms with Crippen LogP contribution in [0.3, 0.4) is 0 Å². The molecule has 2 aliphatic rings. The van der Waals surface area contributed by atoms with Gasteiger partial charge in [-0.15, -0.1) is 0 Å². The summed E-state index contributed by atoms with van der Waals surface area (Å²) >= 11 is 0. The number of likely N-dealkylation sites (tertiary alicyclic amines) is 1. The van der Waals surface area contributed by atoms with E-state index in [9.17, 15) is 14.4 Å². The topological polar surface area (TPSA) is 95.9 Å². The quantitative estimate of drug-likeness (QED) is 0.427. The van der Waals surface area contributed by atoms with Crippen molar-refractivity contribution in [2.24, 2.45) is 5.92 Å². The lowest BCUT2D eigenvalue weighted by molar-refractivity contribution is -0.145. The Hall–Kier alpha value is -3.35. The fourth-order valence-corrected chi connectivity index (χ4v) is 5.08. The summed E-state index contributed by atoms with van der Waals surface area (Å²) in [5.74, 6) is -0.491. The van der Waals surface area contributed by atoms with E-state index in [1.54, 1.807) is 4.90 Å². The molecule has 2 N–H and O–H groups in total. The standard InChI is InChI=1S/C28H34N2O5/c31-26(30-17-20(18-30)16-27(32)33)14-4-2-1-3-9-15-29-28(34)35-19-25-23-12-7-5-10-21(23)22-11-6-8-13-24(22)25/h5-8,10-13,20,25H,1-4,9,14-19H2,(H,29,34)(H,32,33). The Morgan fingerprint density at radius 2 is 1.49 bits per heavy atom. The number of hydrogen-bond acceptors (Lipinski definition) is 4. The summed E-state index contributed by atoms with van der Waals surface area (Å²) < 4.78 is 5.55. The first kappa shape index (κ1) is 24.8. The van der Waals surface area contributed by atoms with Crippen molar-refractivity contribution in [1.29, 1.82) is 0 Å². The summed E-state index contributed by atoms with van der Waals surface area (Å²) in [6.45, 7) is 2.05. The van der Waals surface area contributed by atoms with Crippen molar-refractivity contribution >= 4 is 18.0 Å². The summed E-state index contributed by atoms with van der Waals surface area (Å²) in [6.07, 6.45) is 4.99. The van der Waals surface area contributed by atoms with E-state index >= 15 is 0 Å². The molecule has 1 saturated heterocycles. The minimum absolute atomic E-state index is 0.0650. The highest BCUT2D eigenvalue weighted by Gasteiger charge is 2.31. The molecule has 0 saturated carbocycles. The van der Waals surface area contributed by atoms with Crippen molar-refractivity contribution in [2.75, 3.05) is 26.2 Å². The van der Waals surface area contributed by atoms with Crippen molar-refractivity contribution in [1.82, 2.24) is 10.2 Å². The van der Waals surface area contributed by atoms with Crippen molar-refractivity contribution in [3.63, 3.8) is 0 Å². The monoisotopic (exact) mass is 478 g/mol. The third-order valence-electron chi connectivity index (χ3n) is 6.95. The van der Waals surface area contributed by atoms with Gasteiger partial charge in [0.15, 0.2) is 0 Å². The molecule has 1 aliphatic carbocycles. The largest absolute Gasteiger partial charge is 0.481 e. The molecule has 4 rings (SSSR count). The number of alkyl carbamates (subject to hydrolysis) is 1. The second kappa shape index (κ2) is 11.9. The van der Waals surface area contributed by atoms with Crippen LogP contribution >= 0.6 is 0 Å². The number of nitrogens with one attached hydrogen (secondary N) is 1. The maximum Gasteiger partial charge on any atom is 0.407 e. The molecule has 2 amide bonds. The van der Waals surface area contributed by atoms with Gasteiger partial charge in [-0.2, -0.15) is 0 Å². The Labute approximate surface area is 206 Å². The highest BCUT2D eigenvalue weighted by atomic mass is 16.5. The second-order valence-corrected chi connectivity index (χ2v) is 9.53. The number of nitrogens with zero attached hydrogens (tertiary/aromatic N) is 1. The number of unbranched alkanes of at least 4 members (excludes halogenated alkanes) is 4. The zero-order chi connectivity index (χ0) is 24.6. The molecule has 35 heavy (non-hydrogen) atoms. The number of amides is 2. The van der Waals surface area contributed by atoms with E-state index in [1.165, 1.54) is 22.3 Å². The molecule has 0 unspecified atom stereocenters. The SMILES string of the molecule is O=C(O)CC1CN(C(=O)CCCCCCCNC(=O)OCC2c3ccccc3-c3ccccc32)C1. The molecule has 7 heteroatoms. The van der Waals surface area contributed by atoms with Crippen LogP contribution < -0.4 is 5.32 Å². The van der Waals surface area contributed by atoms with E-state index in [0.29, 0.717) is 32.7 Å². The molecule has 1 fully saturated rings. The number of hydrogen-bond donors (Lipinski definition) is 2. The van der Waals surface area contributed by atoms with E-state index in [4.69, 9.17) is 9.84 Å². The molecular formula is C28H34N2O5. The molecular weight excluding hydrogens is 444 g/mol. The molecule has 7 nitrogen and oxygen atoms in total. The van der Waals surface area contributed by atoms with Crippen LogP contribution in [0.25, 0.3) is 11.1 Å². The number of carboxylic acids is 1. The second-order valence-electron chi connectivity index (χ2n) is 9.53. The number of carbonyl (C=O) groups excluding carboxylic acids is 2. The Morgan fingerprint density at radius 3 is 2.14 bits per heavy atom. The smallest absolute Gasteiger partial charge is 0.407 e. The maximum atomic E-state index is 12.2. The summed E-state index contributed by atoms with van der Waals surface area (Å²) in [6, 6.07) is 16.6. The molecule has 0 radical (unpaired) electrons. The van der Waals surface area contributed by atoms with Gasteiger partial charge in [-0.3, -0.25) is 9.59 Å². The average Bonchev–Trinajstić information content (AvgIpc) is 3.15. The van der Waals surface area contributed by atoms with Crippen LogP contribution in [0.2, 0.25) is 0 Å². The number of ether oxygens (including phenoxy) is 1. The molecule has 0 aromatic heterocycles. The van der Waals surface area contributed by atoms with Crippen molar-refractivity contribution in [3.8, 4) is 11.1 Å². The number of aliphatic carboxylic acids is 1. The van der Waals surface area contributed by atoms with Crippen molar-refractivity contribution in [2.45, 2.75) is 50.9 Å². The third-order valence-corrected chi connectivity index (χ3v) is 6.95. The zero-order valence-electron chi connectivity index (χ0n) is 20.1. The predicted octanol–water partition coefficient (Wildman–Crippen LogP) is 4.80. The van der Waals surface area contributed by atoms with Gasteiger partial charge >= 0.3 is 12.1 Å². The lowest BCUT2D eigenvalue weighted by atomic mass is 9.95. The highest BCUT2D eigenvalue weighted by molar-refractivity contribution is 5.79. The number of benzene rings is 2. The summed E-state index contributed by atoms with van der Waals surface area (Å²) in [5.41, 5.74) is 4.83. The van der Waals surface area contributed by atoms with E-state index in [0.717, 1.165) is 32.1 Å². The molecule has 186 valence electrons. The number of fused-ring (bicyclic) bond motifs is 3. The van der Waals surface area contributed by atoms with Crippen LogP contribution in [-0.4, -0.2) is 54.2 Å². The number of carbonyl (C=O) groups is 3. The van der Waals surface area contributed by atoms with Gasteiger partial charge in [-0.25, -0.2) is 4.79 Å². The van der Waals surface area contributed by atoms with Crippen LogP contribution in [0.4, 0.5) is 4.79 Å². The normalized spacial score (nSPS) is 14.7.